The monoisotopic (exact) mass is 648 g/mol. The molecule has 0 aliphatic carbocycles. The quantitative estimate of drug-likeness (QED) is 0.109. The third-order valence-corrected chi connectivity index (χ3v) is 10.3. The summed E-state index contributed by atoms with van der Waals surface area (Å²) in [6.07, 6.45) is 7.56. The van der Waals surface area contributed by atoms with Crippen molar-refractivity contribution in [3.05, 3.63) is 54.1 Å². The number of carbonyl (C=O) groups is 2. The molecule has 2 aromatic rings. The van der Waals surface area contributed by atoms with E-state index >= 15 is 0 Å². The number of fused-ring (bicyclic) bond motifs is 1. The zero-order valence-corrected chi connectivity index (χ0v) is 28.4. The third-order valence-electron chi connectivity index (χ3n) is 7.58. The summed E-state index contributed by atoms with van der Waals surface area (Å²) in [7, 11) is -2.78. The molecule has 1 heterocycles. The molecule has 0 unspecified atom stereocenters. The molecule has 2 aromatic carbocycles. The van der Waals surface area contributed by atoms with Crippen LogP contribution in [0.2, 0.25) is 0 Å². The minimum absolute atomic E-state index is 0.0417. The van der Waals surface area contributed by atoms with Gasteiger partial charge in [-0.25, -0.2) is 13.2 Å². The number of hydrogen-bond donors (Lipinski definition) is 1. The molecule has 8 nitrogen and oxygen atoms in total. The first-order valence-electron chi connectivity index (χ1n) is 14.9. The van der Waals surface area contributed by atoms with E-state index in [1.165, 1.54) is 17.8 Å². The topological polar surface area (TPSA) is 102 Å². The molecule has 0 aromatic heterocycles. The first-order valence-corrected chi connectivity index (χ1v) is 17.8. The van der Waals surface area contributed by atoms with E-state index in [9.17, 15) is 22.4 Å². The van der Waals surface area contributed by atoms with Crippen LogP contribution >= 0.6 is 11.8 Å². The van der Waals surface area contributed by atoms with Crippen LogP contribution in [0.25, 0.3) is 0 Å². The number of nitrogens with zero attached hydrogens (tertiary/aromatic N) is 1. The van der Waals surface area contributed by atoms with Crippen molar-refractivity contribution in [2.24, 2.45) is 5.41 Å². The van der Waals surface area contributed by atoms with Gasteiger partial charge in [0.25, 0.3) is 5.91 Å². The lowest BCUT2D eigenvalue weighted by Crippen LogP contribution is -2.40. The number of ether oxygens (including phenoxy) is 2. The lowest BCUT2D eigenvalue weighted by atomic mass is 9.79. The molecule has 0 bridgehead atoms. The average Bonchev–Trinajstić information content (AvgIpc) is 3.07. The van der Waals surface area contributed by atoms with Gasteiger partial charge in [0.2, 0.25) is 5.83 Å². The highest BCUT2D eigenvalue weighted by atomic mass is 32.2. The van der Waals surface area contributed by atoms with Gasteiger partial charge in [0.15, 0.2) is 9.84 Å². The van der Waals surface area contributed by atoms with Crippen LogP contribution in [-0.2, 0) is 19.4 Å². The smallest absolute Gasteiger partial charge is 0.370 e. The molecular weight excluding hydrogens is 604 g/mol. The van der Waals surface area contributed by atoms with Gasteiger partial charge < -0.3 is 19.7 Å². The molecule has 11 heteroatoms. The number of hydrogen-bond acceptors (Lipinski definition) is 8. The second-order valence-corrected chi connectivity index (χ2v) is 15.2. The van der Waals surface area contributed by atoms with Gasteiger partial charge in [-0.2, -0.15) is 4.39 Å². The number of unbranched alkanes of at least 4 members (excludes halogenated alkanes) is 2. The van der Waals surface area contributed by atoms with Crippen LogP contribution in [0, 0.1) is 5.41 Å². The first kappa shape index (κ1) is 35.4. The Labute approximate surface area is 265 Å². The summed E-state index contributed by atoms with van der Waals surface area (Å²) >= 11 is 1.31. The van der Waals surface area contributed by atoms with Crippen molar-refractivity contribution in [1.82, 2.24) is 5.32 Å². The van der Waals surface area contributed by atoms with E-state index in [4.69, 9.17) is 4.74 Å². The Morgan fingerprint density at radius 3 is 2.23 bits per heavy atom. The van der Waals surface area contributed by atoms with Crippen molar-refractivity contribution < 1.29 is 31.9 Å². The summed E-state index contributed by atoms with van der Waals surface area (Å²) in [4.78, 5) is 27.1. The largest absolute Gasteiger partial charge is 0.464 e. The number of nitrogens with one attached hydrogen (secondary N) is 1. The molecule has 242 valence electrons. The van der Waals surface area contributed by atoms with Crippen molar-refractivity contribution in [3.8, 4) is 5.75 Å². The van der Waals surface area contributed by atoms with Crippen molar-refractivity contribution in [1.29, 1.82) is 0 Å². The van der Waals surface area contributed by atoms with Crippen LogP contribution in [0.1, 0.15) is 83.5 Å². The summed E-state index contributed by atoms with van der Waals surface area (Å²) in [6.45, 7) is 10.4. The molecule has 1 aliphatic heterocycles. The average molecular weight is 649 g/mol. The Balaban J connectivity index is 2.22. The van der Waals surface area contributed by atoms with E-state index in [2.05, 4.69) is 23.9 Å². The molecule has 0 saturated heterocycles. The zero-order chi connectivity index (χ0) is 32.7. The number of anilines is 2. The van der Waals surface area contributed by atoms with Crippen molar-refractivity contribution in [3.63, 3.8) is 0 Å². The molecular formula is C33H45FN2O6S2. The Bertz CT molecular complexity index is 1460. The van der Waals surface area contributed by atoms with E-state index < -0.39 is 32.6 Å². The Kier molecular flexibility index (Phi) is 11.9. The van der Waals surface area contributed by atoms with Gasteiger partial charge in [0.05, 0.1) is 28.3 Å². The predicted octanol–water partition coefficient (Wildman–Crippen LogP) is 7.59. The van der Waals surface area contributed by atoms with Crippen LogP contribution in [0.15, 0.2) is 58.3 Å². The fraction of sp³-hybridized carbons (Fsp3) is 0.515. The number of carbonyl (C=O) groups excluding carboxylic acids is 2. The van der Waals surface area contributed by atoms with Gasteiger partial charge >= 0.3 is 5.97 Å². The number of rotatable bonds is 12. The molecule has 0 radical (unpaired) electrons. The molecule has 0 fully saturated rings. The molecule has 0 saturated carbocycles. The minimum atomic E-state index is -3.84. The number of thioether (sulfide) groups is 1. The molecule has 44 heavy (non-hydrogen) atoms. The maximum atomic E-state index is 14.2. The maximum absolute atomic E-state index is 14.2. The molecule has 0 atom stereocenters. The minimum Gasteiger partial charge on any atom is -0.464 e. The normalized spacial score (nSPS) is 16.1. The van der Waals surface area contributed by atoms with Gasteiger partial charge in [0.1, 0.15) is 12.0 Å². The van der Waals surface area contributed by atoms with E-state index in [1.54, 1.807) is 24.5 Å². The summed E-state index contributed by atoms with van der Waals surface area (Å²) in [5, 5.41) is 2.97. The zero-order valence-electron chi connectivity index (χ0n) is 26.8. The molecule has 1 amide bonds. The molecule has 1 N–H and O–H groups in total. The van der Waals surface area contributed by atoms with Crippen LogP contribution < -0.4 is 15.0 Å². The predicted molar refractivity (Wildman–Crippen MR) is 174 cm³/mol. The highest BCUT2D eigenvalue weighted by Gasteiger charge is 2.42. The van der Waals surface area contributed by atoms with Crippen molar-refractivity contribution in [2.75, 3.05) is 30.6 Å². The maximum Gasteiger partial charge on any atom is 0.370 e. The van der Waals surface area contributed by atoms with Crippen LogP contribution in [0.5, 0.6) is 5.75 Å². The van der Waals surface area contributed by atoms with Crippen LogP contribution in [0.3, 0.4) is 0 Å². The fourth-order valence-corrected chi connectivity index (χ4v) is 8.07. The number of methoxy groups -OCH3 is 1. The number of benzene rings is 2. The van der Waals surface area contributed by atoms with E-state index in [0.29, 0.717) is 29.0 Å². The third kappa shape index (κ3) is 8.78. The standard InChI is InChI=1S/C33H45FN2O6S2/c1-8-10-16-33(17-11-9-2)21-36(24-14-12-23(13-15-24)30(37)35-32(3,4)5)26-18-28(43-7)27(19-29(26)44(39,40)22-33)42-20-25(34)31(38)41-6/h12-15,18-20H,8-11,16-17,21-22H2,1-7H3,(H,35,37)/b25-20-. The SMILES string of the molecule is CCCCC1(CCCC)CN(c2ccc(C(=O)NC(C)(C)C)cc2)c2cc(SC)c(O/C=C(\F)C(=O)OC)cc2S(=O)(=O)C1. The Morgan fingerprint density at radius 2 is 1.70 bits per heavy atom. The number of sulfone groups is 1. The highest BCUT2D eigenvalue weighted by Crippen LogP contribution is 2.48. The van der Waals surface area contributed by atoms with Crippen LogP contribution in [-0.4, -0.2) is 51.5 Å². The Hall–Kier alpha value is -3.05. The van der Waals surface area contributed by atoms with Gasteiger partial charge in [0, 0.05) is 34.8 Å². The van der Waals surface area contributed by atoms with E-state index in [-0.39, 0.29) is 22.3 Å². The fourth-order valence-electron chi connectivity index (χ4n) is 5.42. The molecule has 3 rings (SSSR count). The summed E-state index contributed by atoms with van der Waals surface area (Å²) in [6, 6.07) is 10.4. The van der Waals surface area contributed by atoms with Crippen molar-refractivity contribution in [2.45, 2.75) is 88.5 Å². The molecule has 0 spiro atoms. The second kappa shape index (κ2) is 14.8. The van der Waals surface area contributed by atoms with Gasteiger partial charge in [-0.1, -0.05) is 39.5 Å². The molecule has 1 aliphatic rings. The van der Waals surface area contributed by atoms with Gasteiger partial charge in [-0.15, -0.1) is 11.8 Å². The van der Waals surface area contributed by atoms with Crippen molar-refractivity contribution >= 4 is 44.9 Å². The number of amides is 1. The number of esters is 1. The summed E-state index contributed by atoms with van der Waals surface area (Å²) < 4.78 is 52.6. The Morgan fingerprint density at radius 1 is 1.09 bits per heavy atom. The lowest BCUT2D eigenvalue weighted by Gasteiger charge is -2.37. The summed E-state index contributed by atoms with van der Waals surface area (Å²) in [5.74, 6) is -2.56. The van der Waals surface area contributed by atoms with Crippen LogP contribution in [0.4, 0.5) is 15.8 Å². The van der Waals surface area contributed by atoms with Gasteiger partial charge in [-0.05, 0) is 70.2 Å². The lowest BCUT2D eigenvalue weighted by molar-refractivity contribution is -0.137. The van der Waals surface area contributed by atoms with E-state index in [1.807, 2.05) is 37.8 Å². The van der Waals surface area contributed by atoms with Gasteiger partial charge in [-0.3, -0.25) is 4.79 Å². The number of halogens is 1. The highest BCUT2D eigenvalue weighted by molar-refractivity contribution is 7.98. The second-order valence-electron chi connectivity index (χ2n) is 12.3. The first-order chi connectivity index (χ1) is 20.7. The summed E-state index contributed by atoms with van der Waals surface area (Å²) in [5.41, 5.74) is 0.826. The van der Waals surface area contributed by atoms with E-state index in [0.717, 1.165) is 51.3 Å².